The van der Waals surface area contributed by atoms with E-state index in [4.69, 9.17) is 0 Å². The molecule has 1 aliphatic carbocycles. The minimum Gasteiger partial charge on any atom is -0.335 e. The molecule has 1 aromatic rings. The number of benzene rings is 1. The summed E-state index contributed by atoms with van der Waals surface area (Å²) in [5.41, 5.74) is 1.38. The maximum Gasteiger partial charge on any atom is 0.319 e. The zero-order valence-electron chi connectivity index (χ0n) is 11.5. The quantitative estimate of drug-likeness (QED) is 0.837. The van der Waals surface area contributed by atoms with Gasteiger partial charge >= 0.3 is 6.03 Å². The summed E-state index contributed by atoms with van der Waals surface area (Å²) in [6, 6.07) is 4.42. The Kier molecular flexibility index (Phi) is 4.40. The van der Waals surface area contributed by atoms with E-state index in [2.05, 4.69) is 17.6 Å². The molecule has 0 aromatic heterocycles. The molecule has 0 saturated heterocycles. The number of carbonyl (C=O) groups is 1. The fourth-order valence-corrected chi connectivity index (χ4v) is 2.52. The van der Waals surface area contributed by atoms with Crippen LogP contribution in [0.4, 0.5) is 14.9 Å². The first-order valence-electron chi connectivity index (χ1n) is 6.88. The smallest absolute Gasteiger partial charge is 0.319 e. The van der Waals surface area contributed by atoms with Crippen LogP contribution >= 0.6 is 0 Å². The van der Waals surface area contributed by atoms with Crippen molar-refractivity contribution >= 4 is 11.7 Å². The van der Waals surface area contributed by atoms with Crippen molar-refractivity contribution in [1.29, 1.82) is 0 Å². The van der Waals surface area contributed by atoms with Crippen molar-refractivity contribution in [2.45, 2.75) is 45.6 Å². The predicted octanol–water partition coefficient (Wildman–Crippen LogP) is 3.83. The van der Waals surface area contributed by atoms with Crippen LogP contribution in [0.3, 0.4) is 0 Å². The zero-order chi connectivity index (χ0) is 13.8. The molecule has 0 bridgehead atoms. The molecule has 0 aliphatic heterocycles. The molecule has 2 N–H and O–H groups in total. The van der Waals surface area contributed by atoms with E-state index in [1.54, 1.807) is 13.0 Å². The summed E-state index contributed by atoms with van der Waals surface area (Å²) in [6.07, 6.45) is 4.41. The first kappa shape index (κ1) is 13.8. The second-order valence-electron chi connectivity index (χ2n) is 5.51. The van der Waals surface area contributed by atoms with Gasteiger partial charge in [0.15, 0.2) is 0 Å². The molecular formula is C15H21FN2O. The van der Waals surface area contributed by atoms with Gasteiger partial charge in [-0.05, 0) is 62.3 Å². The number of rotatable bonds is 2. The number of nitrogens with one attached hydrogen (secondary N) is 2. The van der Waals surface area contributed by atoms with E-state index < -0.39 is 0 Å². The fraction of sp³-hybridized carbons (Fsp3) is 0.533. The van der Waals surface area contributed by atoms with Gasteiger partial charge in [0.2, 0.25) is 0 Å². The van der Waals surface area contributed by atoms with Crippen LogP contribution in [0.5, 0.6) is 0 Å². The summed E-state index contributed by atoms with van der Waals surface area (Å²) in [6.45, 7) is 4.03. The van der Waals surface area contributed by atoms with E-state index in [0.717, 1.165) is 24.3 Å². The van der Waals surface area contributed by atoms with E-state index in [1.807, 2.05) is 0 Å². The van der Waals surface area contributed by atoms with E-state index in [-0.39, 0.29) is 17.9 Å². The molecule has 0 atom stereocenters. The Morgan fingerprint density at radius 3 is 2.58 bits per heavy atom. The van der Waals surface area contributed by atoms with E-state index >= 15 is 0 Å². The van der Waals surface area contributed by atoms with Crippen molar-refractivity contribution in [1.82, 2.24) is 5.32 Å². The van der Waals surface area contributed by atoms with Crippen molar-refractivity contribution in [3.63, 3.8) is 0 Å². The molecule has 0 heterocycles. The highest BCUT2D eigenvalue weighted by Crippen LogP contribution is 2.23. The molecule has 2 rings (SSSR count). The van der Waals surface area contributed by atoms with Gasteiger partial charge in [0.1, 0.15) is 5.82 Å². The Hall–Kier alpha value is -1.58. The van der Waals surface area contributed by atoms with Gasteiger partial charge < -0.3 is 10.6 Å². The van der Waals surface area contributed by atoms with Crippen molar-refractivity contribution in [3.05, 3.63) is 29.6 Å². The van der Waals surface area contributed by atoms with Crippen LogP contribution in [0.15, 0.2) is 18.2 Å². The number of anilines is 1. The summed E-state index contributed by atoms with van der Waals surface area (Å²) >= 11 is 0. The Morgan fingerprint density at radius 1 is 1.26 bits per heavy atom. The van der Waals surface area contributed by atoms with Crippen LogP contribution in [0.1, 0.15) is 38.2 Å². The maximum atomic E-state index is 13.0. The number of hydrogen-bond acceptors (Lipinski definition) is 1. The number of amides is 2. The first-order valence-corrected chi connectivity index (χ1v) is 6.88. The van der Waals surface area contributed by atoms with E-state index in [0.29, 0.717) is 5.69 Å². The fourth-order valence-electron chi connectivity index (χ4n) is 2.52. The van der Waals surface area contributed by atoms with Crippen LogP contribution < -0.4 is 10.6 Å². The van der Waals surface area contributed by atoms with Crippen molar-refractivity contribution in [2.24, 2.45) is 5.92 Å². The molecule has 4 heteroatoms. The number of halogens is 1. The topological polar surface area (TPSA) is 41.1 Å². The summed E-state index contributed by atoms with van der Waals surface area (Å²) < 4.78 is 13.0. The minimum absolute atomic E-state index is 0.200. The third-order valence-corrected chi connectivity index (χ3v) is 3.79. The Balaban J connectivity index is 1.87. The summed E-state index contributed by atoms with van der Waals surface area (Å²) in [4.78, 5) is 11.9. The van der Waals surface area contributed by atoms with Gasteiger partial charge in [-0.15, -0.1) is 0 Å². The number of aryl methyl sites for hydroxylation is 1. The highest BCUT2D eigenvalue weighted by atomic mass is 19.1. The monoisotopic (exact) mass is 264 g/mol. The van der Waals surface area contributed by atoms with Gasteiger partial charge in [-0.25, -0.2) is 9.18 Å². The van der Waals surface area contributed by atoms with Crippen LogP contribution in [0.2, 0.25) is 0 Å². The van der Waals surface area contributed by atoms with Crippen LogP contribution in [0.25, 0.3) is 0 Å². The van der Waals surface area contributed by atoms with E-state index in [1.165, 1.54) is 25.0 Å². The molecular weight excluding hydrogens is 243 g/mol. The molecule has 0 unspecified atom stereocenters. The van der Waals surface area contributed by atoms with Gasteiger partial charge in [0.05, 0.1) is 0 Å². The molecule has 19 heavy (non-hydrogen) atoms. The molecule has 104 valence electrons. The summed E-state index contributed by atoms with van der Waals surface area (Å²) in [5.74, 6) is 0.477. The molecule has 3 nitrogen and oxygen atoms in total. The highest BCUT2D eigenvalue weighted by molar-refractivity contribution is 5.90. The average molecular weight is 264 g/mol. The predicted molar refractivity (Wildman–Crippen MR) is 74.7 cm³/mol. The number of carbonyl (C=O) groups excluding carboxylic acids is 1. The molecule has 1 aliphatic rings. The van der Waals surface area contributed by atoms with Crippen LogP contribution in [0, 0.1) is 18.7 Å². The lowest BCUT2D eigenvalue weighted by molar-refractivity contribution is 0.239. The van der Waals surface area contributed by atoms with Crippen molar-refractivity contribution < 1.29 is 9.18 Å². The van der Waals surface area contributed by atoms with Gasteiger partial charge in [-0.1, -0.05) is 6.92 Å². The Bertz CT molecular complexity index is 453. The van der Waals surface area contributed by atoms with Crippen molar-refractivity contribution in [3.8, 4) is 0 Å². The first-order chi connectivity index (χ1) is 9.04. The standard InChI is InChI=1S/C15H21FN2O/c1-10-3-6-13(7-4-10)17-15(19)18-14-8-5-12(16)9-11(14)2/h5,8-10,13H,3-4,6-7H2,1-2H3,(H2,17,18,19). The normalized spacial score (nSPS) is 22.9. The van der Waals surface area contributed by atoms with Crippen molar-refractivity contribution in [2.75, 3.05) is 5.32 Å². The molecule has 1 saturated carbocycles. The lowest BCUT2D eigenvalue weighted by atomic mass is 9.87. The van der Waals surface area contributed by atoms with Crippen LogP contribution in [-0.4, -0.2) is 12.1 Å². The lowest BCUT2D eigenvalue weighted by Crippen LogP contribution is -2.40. The molecule has 0 spiro atoms. The average Bonchev–Trinajstić information content (AvgIpc) is 2.36. The zero-order valence-corrected chi connectivity index (χ0v) is 11.5. The molecule has 1 fully saturated rings. The van der Waals surface area contributed by atoms with Gasteiger partial charge in [-0.2, -0.15) is 0 Å². The SMILES string of the molecule is Cc1cc(F)ccc1NC(=O)NC1CCC(C)CC1. The van der Waals surface area contributed by atoms with Crippen LogP contribution in [-0.2, 0) is 0 Å². The highest BCUT2D eigenvalue weighted by Gasteiger charge is 2.19. The Morgan fingerprint density at radius 2 is 1.95 bits per heavy atom. The van der Waals surface area contributed by atoms with E-state index in [9.17, 15) is 9.18 Å². The number of hydrogen-bond donors (Lipinski definition) is 2. The number of urea groups is 1. The lowest BCUT2D eigenvalue weighted by Gasteiger charge is -2.27. The molecule has 1 aromatic carbocycles. The van der Waals surface area contributed by atoms with Gasteiger partial charge in [0, 0.05) is 11.7 Å². The second kappa shape index (κ2) is 6.04. The summed E-state index contributed by atoms with van der Waals surface area (Å²) in [7, 11) is 0. The third-order valence-electron chi connectivity index (χ3n) is 3.79. The largest absolute Gasteiger partial charge is 0.335 e. The van der Waals surface area contributed by atoms with Gasteiger partial charge in [-0.3, -0.25) is 0 Å². The third kappa shape index (κ3) is 3.94. The minimum atomic E-state index is -0.287. The Labute approximate surface area is 113 Å². The van der Waals surface area contributed by atoms with Gasteiger partial charge in [0.25, 0.3) is 0 Å². The molecule has 0 radical (unpaired) electrons. The maximum absolute atomic E-state index is 13.0. The molecule has 2 amide bonds. The second-order valence-corrected chi connectivity index (χ2v) is 5.51. The summed E-state index contributed by atoms with van der Waals surface area (Å²) in [5, 5.41) is 5.77.